The molecular formula is C10H11ClO2. The average Bonchev–Trinajstić information content (AvgIpc) is 2.52. The van der Waals surface area contributed by atoms with E-state index in [1.165, 1.54) is 0 Å². The normalized spacial score (nSPS) is 27.8. The van der Waals surface area contributed by atoms with Gasteiger partial charge in [-0.25, -0.2) is 0 Å². The van der Waals surface area contributed by atoms with Gasteiger partial charge in [0.05, 0.1) is 19.3 Å². The zero-order valence-corrected chi connectivity index (χ0v) is 7.87. The fourth-order valence-corrected chi connectivity index (χ4v) is 1.89. The molecule has 0 bridgehead atoms. The molecule has 1 aliphatic heterocycles. The molecule has 0 aliphatic carbocycles. The van der Waals surface area contributed by atoms with Crippen molar-refractivity contribution in [2.75, 3.05) is 13.2 Å². The van der Waals surface area contributed by atoms with Gasteiger partial charge in [0.25, 0.3) is 0 Å². The number of rotatable bonds is 1. The minimum Gasteiger partial charge on any atom is -0.390 e. The highest BCUT2D eigenvalue weighted by atomic mass is 35.5. The summed E-state index contributed by atoms with van der Waals surface area (Å²) in [6, 6.07) is 7.58. The van der Waals surface area contributed by atoms with Crippen molar-refractivity contribution in [1.82, 2.24) is 0 Å². The lowest BCUT2D eigenvalue weighted by atomic mass is 9.96. The summed E-state index contributed by atoms with van der Waals surface area (Å²) < 4.78 is 5.17. The molecule has 0 aromatic heterocycles. The molecule has 13 heavy (non-hydrogen) atoms. The van der Waals surface area contributed by atoms with Crippen LogP contribution in [0.4, 0.5) is 0 Å². The van der Waals surface area contributed by atoms with Crippen molar-refractivity contribution in [3.8, 4) is 0 Å². The Labute approximate surface area is 82.1 Å². The van der Waals surface area contributed by atoms with Gasteiger partial charge < -0.3 is 9.84 Å². The third-order valence-electron chi connectivity index (χ3n) is 2.36. The molecule has 0 radical (unpaired) electrons. The molecule has 1 fully saturated rings. The molecule has 2 atom stereocenters. The first kappa shape index (κ1) is 9.00. The summed E-state index contributed by atoms with van der Waals surface area (Å²) >= 11 is 6.00. The van der Waals surface area contributed by atoms with E-state index in [1.807, 2.05) is 24.3 Å². The van der Waals surface area contributed by atoms with E-state index in [4.69, 9.17) is 16.3 Å². The van der Waals surface area contributed by atoms with Crippen LogP contribution >= 0.6 is 11.6 Å². The van der Waals surface area contributed by atoms with Gasteiger partial charge in [0, 0.05) is 10.9 Å². The number of hydrogen-bond donors (Lipinski definition) is 1. The zero-order chi connectivity index (χ0) is 9.26. The van der Waals surface area contributed by atoms with Crippen molar-refractivity contribution in [2.24, 2.45) is 0 Å². The molecule has 0 saturated carbocycles. The fraction of sp³-hybridized carbons (Fsp3) is 0.400. The van der Waals surface area contributed by atoms with Gasteiger partial charge in [-0.2, -0.15) is 0 Å². The topological polar surface area (TPSA) is 29.5 Å². The highest BCUT2D eigenvalue weighted by Crippen LogP contribution is 2.30. The maximum atomic E-state index is 9.58. The van der Waals surface area contributed by atoms with Gasteiger partial charge in [-0.3, -0.25) is 0 Å². The first-order chi connectivity index (χ1) is 6.29. The third-order valence-corrected chi connectivity index (χ3v) is 2.70. The molecule has 2 nitrogen and oxygen atoms in total. The summed E-state index contributed by atoms with van der Waals surface area (Å²) in [7, 11) is 0. The molecule has 1 N–H and O–H groups in total. The lowest BCUT2D eigenvalue weighted by Gasteiger charge is -2.13. The van der Waals surface area contributed by atoms with E-state index in [0.29, 0.717) is 18.2 Å². The van der Waals surface area contributed by atoms with E-state index in [0.717, 1.165) is 5.56 Å². The van der Waals surface area contributed by atoms with Crippen LogP contribution in [0.25, 0.3) is 0 Å². The van der Waals surface area contributed by atoms with Crippen molar-refractivity contribution in [3.05, 3.63) is 34.9 Å². The molecule has 1 aliphatic rings. The second kappa shape index (κ2) is 3.66. The van der Waals surface area contributed by atoms with E-state index in [-0.39, 0.29) is 5.92 Å². The Morgan fingerprint density at radius 3 is 2.69 bits per heavy atom. The van der Waals surface area contributed by atoms with Crippen molar-refractivity contribution in [2.45, 2.75) is 12.0 Å². The maximum absolute atomic E-state index is 9.58. The van der Waals surface area contributed by atoms with Crippen LogP contribution in [0.15, 0.2) is 24.3 Å². The van der Waals surface area contributed by atoms with Crippen molar-refractivity contribution < 1.29 is 9.84 Å². The van der Waals surface area contributed by atoms with Crippen molar-refractivity contribution in [3.63, 3.8) is 0 Å². The third kappa shape index (κ3) is 1.70. The highest BCUT2D eigenvalue weighted by Gasteiger charge is 2.28. The predicted octanol–water partition coefficient (Wildman–Crippen LogP) is 1.81. The van der Waals surface area contributed by atoms with Crippen LogP contribution in [0.2, 0.25) is 5.02 Å². The smallest absolute Gasteiger partial charge is 0.0864 e. The number of benzene rings is 1. The molecule has 2 unspecified atom stereocenters. The summed E-state index contributed by atoms with van der Waals surface area (Å²) in [6.45, 7) is 0.973. The average molecular weight is 199 g/mol. The first-order valence-corrected chi connectivity index (χ1v) is 4.67. The van der Waals surface area contributed by atoms with E-state index in [1.54, 1.807) is 0 Å². The summed E-state index contributed by atoms with van der Waals surface area (Å²) in [6.07, 6.45) is -0.417. The van der Waals surface area contributed by atoms with Crippen LogP contribution in [-0.4, -0.2) is 24.4 Å². The Morgan fingerprint density at radius 1 is 1.31 bits per heavy atom. The lowest BCUT2D eigenvalue weighted by Crippen LogP contribution is -2.15. The minimum absolute atomic E-state index is 0.0358. The van der Waals surface area contributed by atoms with Gasteiger partial charge in [0.1, 0.15) is 0 Å². The maximum Gasteiger partial charge on any atom is 0.0864 e. The van der Waals surface area contributed by atoms with Crippen LogP contribution < -0.4 is 0 Å². The largest absolute Gasteiger partial charge is 0.390 e. The van der Waals surface area contributed by atoms with E-state index < -0.39 is 6.10 Å². The van der Waals surface area contributed by atoms with Crippen LogP contribution in [0.1, 0.15) is 11.5 Å². The van der Waals surface area contributed by atoms with Gasteiger partial charge in [0.2, 0.25) is 0 Å². The van der Waals surface area contributed by atoms with Gasteiger partial charge in [-0.05, 0) is 11.6 Å². The van der Waals surface area contributed by atoms with Gasteiger partial charge in [-0.15, -0.1) is 0 Å². The number of aliphatic hydroxyl groups excluding tert-OH is 1. The summed E-state index contributed by atoms with van der Waals surface area (Å²) in [5.74, 6) is 0.0358. The monoisotopic (exact) mass is 198 g/mol. The molecule has 3 heteroatoms. The second-order valence-electron chi connectivity index (χ2n) is 3.23. The Morgan fingerprint density at radius 2 is 2.08 bits per heavy atom. The molecule has 0 spiro atoms. The zero-order valence-electron chi connectivity index (χ0n) is 7.11. The van der Waals surface area contributed by atoms with E-state index in [9.17, 15) is 5.11 Å². The first-order valence-electron chi connectivity index (χ1n) is 4.29. The molecular weight excluding hydrogens is 188 g/mol. The Kier molecular flexibility index (Phi) is 2.54. The SMILES string of the molecule is OC1COCC1c1ccccc1Cl. The number of halogens is 1. The second-order valence-corrected chi connectivity index (χ2v) is 3.64. The molecule has 1 aromatic carbocycles. The summed E-state index contributed by atoms with van der Waals surface area (Å²) in [5, 5.41) is 10.3. The van der Waals surface area contributed by atoms with E-state index in [2.05, 4.69) is 0 Å². The molecule has 2 rings (SSSR count). The Bertz CT molecular complexity index is 301. The van der Waals surface area contributed by atoms with Gasteiger partial charge in [-0.1, -0.05) is 29.8 Å². The van der Waals surface area contributed by atoms with Gasteiger partial charge >= 0.3 is 0 Å². The number of aliphatic hydroxyl groups is 1. The molecule has 1 heterocycles. The lowest BCUT2D eigenvalue weighted by molar-refractivity contribution is 0.124. The summed E-state index contributed by atoms with van der Waals surface area (Å²) in [5.41, 5.74) is 0.981. The highest BCUT2D eigenvalue weighted by molar-refractivity contribution is 6.31. The molecule has 1 aromatic rings. The summed E-state index contributed by atoms with van der Waals surface area (Å²) in [4.78, 5) is 0. The van der Waals surface area contributed by atoms with Gasteiger partial charge in [0.15, 0.2) is 0 Å². The molecule has 70 valence electrons. The van der Waals surface area contributed by atoms with Crippen LogP contribution in [-0.2, 0) is 4.74 Å². The molecule has 0 amide bonds. The van der Waals surface area contributed by atoms with Crippen LogP contribution in [0.3, 0.4) is 0 Å². The van der Waals surface area contributed by atoms with Crippen LogP contribution in [0.5, 0.6) is 0 Å². The fourth-order valence-electron chi connectivity index (χ4n) is 1.62. The Hall–Kier alpha value is -0.570. The van der Waals surface area contributed by atoms with E-state index >= 15 is 0 Å². The molecule has 1 saturated heterocycles. The quantitative estimate of drug-likeness (QED) is 0.746. The Balaban J connectivity index is 2.29. The predicted molar refractivity (Wildman–Crippen MR) is 51.0 cm³/mol. The van der Waals surface area contributed by atoms with Crippen LogP contribution in [0, 0.1) is 0 Å². The number of ether oxygens (including phenoxy) is 1. The van der Waals surface area contributed by atoms with Crippen molar-refractivity contribution in [1.29, 1.82) is 0 Å². The minimum atomic E-state index is -0.417. The van der Waals surface area contributed by atoms with Crippen molar-refractivity contribution >= 4 is 11.6 Å². The standard InChI is InChI=1S/C10H11ClO2/c11-9-4-2-1-3-7(9)8-5-13-6-10(8)12/h1-4,8,10,12H,5-6H2. The number of hydrogen-bond acceptors (Lipinski definition) is 2.